The van der Waals surface area contributed by atoms with Gasteiger partial charge in [-0.1, -0.05) is 36.4 Å². The molecule has 3 aromatic rings. The van der Waals surface area contributed by atoms with Crippen LogP contribution in [-0.2, 0) is 0 Å². The van der Waals surface area contributed by atoms with Crippen molar-refractivity contribution in [2.45, 2.75) is 6.92 Å². The minimum atomic E-state index is 0.341. The molecule has 0 N–H and O–H groups in total. The molecular formula is C25H20N2O2. The fourth-order valence-electron chi connectivity index (χ4n) is 3.03. The first-order valence-corrected chi connectivity index (χ1v) is 9.22. The summed E-state index contributed by atoms with van der Waals surface area (Å²) in [5, 5.41) is 19.4. The minimum absolute atomic E-state index is 0.341. The standard InChI is InChI=1S/C25H20N2O2/c1-3-29-23-14-10-21(11-15-23)25(17-27)24(16-26)20-6-4-18(5-7-20)19-8-12-22(28-2)13-9-19/h4-15H,3H2,1-2H3/b25-24+. The molecule has 0 saturated carbocycles. The van der Waals surface area contributed by atoms with Gasteiger partial charge < -0.3 is 9.47 Å². The lowest BCUT2D eigenvalue weighted by molar-refractivity contribution is 0.340. The van der Waals surface area contributed by atoms with E-state index in [2.05, 4.69) is 12.1 Å². The van der Waals surface area contributed by atoms with Gasteiger partial charge in [0.1, 0.15) is 23.6 Å². The second-order valence-electron chi connectivity index (χ2n) is 6.24. The smallest absolute Gasteiger partial charge is 0.119 e. The van der Waals surface area contributed by atoms with Crippen LogP contribution >= 0.6 is 0 Å². The Morgan fingerprint density at radius 1 is 0.690 bits per heavy atom. The van der Waals surface area contributed by atoms with Crippen LogP contribution in [0.1, 0.15) is 18.1 Å². The quantitative estimate of drug-likeness (QED) is 0.405. The van der Waals surface area contributed by atoms with Crippen LogP contribution < -0.4 is 9.47 Å². The monoisotopic (exact) mass is 380 g/mol. The molecule has 0 atom stereocenters. The third-order valence-corrected chi connectivity index (χ3v) is 4.52. The SMILES string of the molecule is CCOc1ccc(/C(C#N)=C(\C#N)c2ccc(-c3ccc(OC)cc3)cc2)cc1. The zero-order valence-corrected chi connectivity index (χ0v) is 16.3. The molecule has 0 fully saturated rings. The predicted molar refractivity (Wildman–Crippen MR) is 114 cm³/mol. The van der Waals surface area contributed by atoms with Crippen LogP contribution in [-0.4, -0.2) is 13.7 Å². The van der Waals surface area contributed by atoms with Crippen molar-refractivity contribution in [2.24, 2.45) is 0 Å². The number of hydrogen-bond donors (Lipinski definition) is 0. The summed E-state index contributed by atoms with van der Waals surface area (Å²) in [4.78, 5) is 0. The highest BCUT2D eigenvalue weighted by Gasteiger charge is 2.12. The molecule has 29 heavy (non-hydrogen) atoms. The summed E-state index contributed by atoms with van der Waals surface area (Å²) in [6, 6.07) is 27.0. The Kier molecular flexibility index (Phi) is 6.30. The first-order valence-electron chi connectivity index (χ1n) is 9.22. The van der Waals surface area contributed by atoms with E-state index in [0.717, 1.165) is 22.6 Å². The molecule has 3 aromatic carbocycles. The summed E-state index contributed by atoms with van der Waals surface area (Å²) >= 11 is 0. The second-order valence-corrected chi connectivity index (χ2v) is 6.24. The molecule has 0 aliphatic rings. The number of hydrogen-bond acceptors (Lipinski definition) is 4. The second kappa shape index (κ2) is 9.26. The third-order valence-electron chi connectivity index (χ3n) is 4.52. The van der Waals surface area contributed by atoms with E-state index in [1.54, 1.807) is 31.4 Å². The van der Waals surface area contributed by atoms with E-state index in [1.165, 1.54) is 0 Å². The van der Waals surface area contributed by atoms with Crippen molar-refractivity contribution in [1.82, 2.24) is 0 Å². The van der Waals surface area contributed by atoms with Crippen molar-refractivity contribution in [3.63, 3.8) is 0 Å². The minimum Gasteiger partial charge on any atom is -0.497 e. The van der Waals surface area contributed by atoms with Crippen LogP contribution in [0.15, 0.2) is 72.8 Å². The Morgan fingerprint density at radius 3 is 1.52 bits per heavy atom. The van der Waals surface area contributed by atoms with Crippen LogP contribution in [0.25, 0.3) is 22.3 Å². The maximum Gasteiger partial charge on any atom is 0.119 e. The van der Waals surface area contributed by atoms with Gasteiger partial charge in [0.15, 0.2) is 0 Å². The third kappa shape index (κ3) is 4.46. The molecule has 0 amide bonds. The number of allylic oxidation sites excluding steroid dienone is 2. The molecule has 0 bridgehead atoms. The number of rotatable bonds is 6. The summed E-state index contributed by atoms with van der Waals surface area (Å²) in [6.45, 7) is 2.49. The number of benzene rings is 3. The lowest BCUT2D eigenvalue weighted by Crippen LogP contribution is -1.93. The average molecular weight is 380 g/mol. The van der Waals surface area contributed by atoms with E-state index >= 15 is 0 Å². The molecule has 0 spiro atoms. The van der Waals surface area contributed by atoms with Crippen LogP contribution in [0.3, 0.4) is 0 Å². The molecule has 4 nitrogen and oxygen atoms in total. The lowest BCUT2D eigenvalue weighted by atomic mass is 9.94. The Bertz CT molecular complexity index is 1080. The van der Waals surface area contributed by atoms with Crippen LogP contribution in [0, 0.1) is 22.7 Å². The van der Waals surface area contributed by atoms with Crippen molar-refractivity contribution < 1.29 is 9.47 Å². The van der Waals surface area contributed by atoms with Gasteiger partial charge >= 0.3 is 0 Å². The Balaban J connectivity index is 1.95. The Hall–Kier alpha value is -4.02. The van der Waals surface area contributed by atoms with E-state index < -0.39 is 0 Å². The van der Waals surface area contributed by atoms with Gasteiger partial charge in [0, 0.05) is 0 Å². The summed E-state index contributed by atoms with van der Waals surface area (Å²) in [6.07, 6.45) is 0. The zero-order chi connectivity index (χ0) is 20.6. The Morgan fingerprint density at radius 2 is 1.10 bits per heavy atom. The summed E-state index contributed by atoms with van der Waals surface area (Å²) < 4.78 is 10.6. The number of methoxy groups -OCH3 is 1. The first kappa shape index (κ1) is 19.7. The van der Waals surface area contributed by atoms with Gasteiger partial charge in [0.2, 0.25) is 0 Å². The molecule has 3 rings (SSSR count). The van der Waals surface area contributed by atoms with Gasteiger partial charge in [0.25, 0.3) is 0 Å². The molecule has 0 aliphatic carbocycles. The van der Waals surface area contributed by atoms with Crippen molar-refractivity contribution in [1.29, 1.82) is 10.5 Å². The topological polar surface area (TPSA) is 66.0 Å². The van der Waals surface area contributed by atoms with E-state index in [1.807, 2.05) is 55.5 Å². The van der Waals surface area contributed by atoms with Gasteiger partial charge in [-0.25, -0.2) is 0 Å². The highest BCUT2D eigenvalue weighted by atomic mass is 16.5. The fraction of sp³-hybridized carbons (Fsp3) is 0.120. The molecule has 0 aromatic heterocycles. The summed E-state index contributed by atoms with van der Waals surface area (Å²) in [7, 11) is 1.64. The van der Waals surface area contributed by atoms with Crippen LogP contribution in [0.5, 0.6) is 11.5 Å². The van der Waals surface area contributed by atoms with E-state index in [9.17, 15) is 10.5 Å². The predicted octanol–water partition coefficient (Wildman–Crippen LogP) is 5.72. The van der Waals surface area contributed by atoms with Crippen molar-refractivity contribution >= 4 is 11.1 Å². The maximum absolute atomic E-state index is 9.73. The summed E-state index contributed by atoms with van der Waals surface area (Å²) in [5.74, 6) is 1.53. The van der Waals surface area contributed by atoms with Gasteiger partial charge in [-0.3, -0.25) is 0 Å². The molecule has 0 saturated heterocycles. The highest BCUT2D eigenvalue weighted by molar-refractivity contribution is 6.02. The van der Waals surface area contributed by atoms with E-state index in [4.69, 9.17) is 9.47 Å². The first-order chi connectivity index (χ1) is 14.2. The Labute approximate surface area is 170 Å². The van der Waals surface area contributed by atoms with Crippen LogP contribution in [0.2, 0.25) is 0 Å². The molecule has 0 radical (unpaired) electrons. The molecular weight excluding hydrogens is 360 g/mol. The maximum atomic E-state index is 9.73. The van der Waals surface area contributed by atoms with Crippen molar-refractivity contribution in [3.8, 4) is 34.8 Å². The van der Waals surface area contributed by atoms with Crippen LogP contribution in [0.4, 0.5) is 0 Å². The molecule has 0 heterocycles. The largest absolute Gasteiger partial charge is 0.497 e. The normalized spacial score (nSPS) is 11.0. The number of nitriles is 2. The molecule has 4 heteroatoms. The van der Waals surface area contributed by atoms with Crippen molar-refractivity contribution in [2.75, 3.05) is 13.7 Å². The number of ether oxygens (including phenoxy) is 2. The highest BCUT2D eigenvalue weighted by Crippen LogP contribution is 2.29. The summed E-state index contributed by atoms with van der Waals surface area (Å²) in [5.41, 5.74) is 4.15. The lowest BCUT2D eigenvalue weighted by Gasteiger charge is -2.08. The van der Waals surface area contributed by atoms with E-state index in [-0.39, 0.29) is 0 Å². The van der Waals surface area contributed by atoms with Gasteiger partial charge in [-0.15, -0.1) is 0 Å². The molecule has 0 unspecified atom stereocenters. The zero-order valence-electron chi connectivity index (χ0n) is 16.3. The average Bonchev–Trinajstić information content (AvgIpc) is 2.78. The van der Waals surface area contributed by atoms with Crippen molar-refractivity contribution in [3.05, 3.63) is 83.9 Å². The van der Waals surface area contributed by atoms with Gasteiger partial charge in [-0.2, -0.15) is 10.5 Å². The molecule has 142 valence electrons. The van der Waals surface area contributed by atoms with E-state index in [0.29, 0.717) is 28.9 Å². The number of nitrogens with zero attached hydrogens (tertiary/aromatic N) is 2. The molecule has 0 aliphatic heterocycles. The van der Waals surface area contributed by atoms with Gasteiger partial charge in [0.05, 0.1) is 24.9 Å². The van der Waals surface area contributed by atoms with Gasteiger partial charge in [-0.05, 0) is 65.6 Å². The fourth-order valence-corrected chi connectivity index (χ4v) is 3.03.